The van der Waals surface area contributed by atoms with E-state index in [1.54, 1.807) is 24.5 Å². The van der Waals surface area contributed by atoms with Crippen LogP contribution in [0.4, 0.5) is 0 Å². The SMILES string of the molecule is Cc1cc2occ(CC(=O)OCCOc3c(Cl)cccc3Cl)c2cc1C. The van der Waals surface area contributed by atoms with Gasteiger partial charge < -0.3 is 13.9 Å². The van der Waals surface area contributed by atoms with Crippen molar-refractivity contribution in [2.45, 2.75) is 20.3 Å². The number of esters is 1. The Kier molecular flexibility index (Phi) is 5.74. The predicted octanol–water partition coefficient (Wildman–Crippen LogP) is 5.52. The summed E-state index contributed by atoms with van der Waals surface area (Å²) in [4.78, 5) is 12.1. The molecule has 0 bridgehead atoms. The molecule has 0 radical (unpaired) electrons. The summed E-state index contributed by atoms with van der Waals surface area (Å²) in [6.07, 6.45) is 1.74. The lowest BCUT2D eigenvalue weighted by atomic mass is 10.0. The summed E-state index contributed by atoms with van der Waals surface area (Å²) in [6.45, 7) is 4.32. The molecule has 6 heteroatoms. The second kappa shape index (κ2) is 8.02. The maximum Gasteiger partial charge on any atom is 0.310 e. The van der Waals surface area contributed by atoms with Crippen LogP contribution in [-0.4, -0.2) is 19.2 Å². The highest BCUT2D eigenvalue weighted by atomic mass is 35.5. The molecule has 0 fully saturated rings. The number of halogens is 2. The van der Waals surface area contributed by atoms with E-state index in [2.05, 4.69) is 0 Å². The fourth-order valence-corrected chi connectivity index (χ4v) is 3.11. The second-order valence-corrected chi connectivity index (χ2v) is 6.80. The van der Waals surface area contributed by atoms with Gasteiger partial charge in [0.05, 0.1) is 22.7 Å². The molecule has 1 aromatic heterocycles. The normalized spacial score (nSPS) is 10.9. The number of carbonyl (C=O) groups is 1. The molecule has 2 aromatic carbocycles. The molecule has 3 aromatic rings. The molecule has 0 amide bonds. The summed E-state index contributed by atoms with van der Waals surface area (Å²) in [7, 11) is 0. The van der Waals surface area contributed by atoms with E-state index in [1.807, 2.05) is 26.0 Å². The van der Waals surface area contributed by atoms with Gasteiger partial charge >= 0.3 is 5.97 Å². The molecule has 1 heterocycles. The van der Waals surface area contributed by atoms with Gasteiger partial charge in [0.1, 0.15) is 18.8 Å². The Morgan fingerprint density at radius 3 is 2.50 bits per heavy atom. The second-order valence-electron chi connectivity index (χ2n) is 5.99. The van der Waals surface area contributed by atoms with Gasteiger partial charge in [-0.1, -0.05) is 29.3 Å². The number of hydrogen-bond donors (Lipinski definition) is 0. The third-order valence-electron chi connectivity index (χ3n) is 4.12. The largest absolute Gasteiger partial charge is 0.487 e. The molecule has 0 atom stereocenters. The van der Waals surface area contributed by atoms with Crippen molar-refractivity contribution in [2.75, 3.05) is 13.2 Å². The van der Waals surface area contributed by atoms with E-state index in [9.17, 15) is 4.79 Å². The summed E-state index contributed by atoms with van der Waals surface area (Å²) < 4.78 is 16.3. The standard InChI is InChI=1S/C20H18Cl2O4/c1-12-8-15-14(11-26-18(15)9-13(12)2)10-19(23)24-6-7-25-20-16(21)4-3-5-17(20)22/h3-5,8-9,11H,6-7,10H2,1-2H3. The molecule has 26 heavy (non-hydrogen) atoms. The molecule has 0 aliphatic heterocycles. The van der Waals surface area contributed by atoms with Gasteiger partial charge in [-0.25, -0.2) is 0 Å². The lowest BCUT2D eigenvalue weighted by molar-refractivity contribution is -0.143. The van der Waals surface area contributed by atoms with E-state index in [0.717, 1.165) is 27.7 Å². The topological polar surface area (TPSA) is 48.7 Å². The van der Waals surface area contributed by atoms with Crippen LogP contribution in [0.25, 0.3) is 11.0 Å². The predicted molar refractivity (Wildman–Crippen MR) is 102 cm³/mol. The van der Waals surface area contributed by atoms with Gasteiger partial charge in [0.15, 0.2) is 5.75 Å². The summed E-state index contributed by atoms with van der Waals surface area (Å²) in [5, 5.41) is 1.77. The van der Waals surface area contributed by atoms with Crippen molar-refractivity contribution >= 4 is 40.1 Å². The number of hydrogen-bond acceptors (Lipinski definition) is 4. The van der Waals surface area contributed by atoms with Gasteiger partial charge in [-0.2, -0.15) is 0 Å². The Labute approximate surface area is 161 Å². The average molecular weight is 393 g/mol. The van der Waals surface area contributed by atoms with Crippen LogP contribution in [0.3, 0.4) is 0 Å². The molecular formula is C20H18Cl2O4. The molecule has 0 saturated heterocycles. The number of rotatable bonds is 6. The summed E-state index contributed by atoms with van der Waals surface area (Å²) in [5.74, 6) is 0.0401. The van der Waals surface area contributed by atoms with E-state index >= 15 is 0 Å². The number of fused-ring (bicyclic) bond motifs is 1. The third-order valence-corrected chi connectivity index (χ3v) is 4.71. The zero-order chi connectivity index (χ0) is 18.7. The minimum atomic E-state index is -0.347. The molecule has 0 unspecified atom stereocenters. The van der Waals surface area contributed by atoms with Crippen molar-refractivity contribution in [3.8, 4) is 5.75 Å². The third kappa shape index (κ3) is 4.14. The minimum Gasteiger partial charge on any atom is -0.487 e. The van der Waals surface area contributed by atoms with E-state index in [4.69, 9.17) is 37.1 Å². The maximum atomic E-state index is 12.1. The first kappa shape index (κ1) is 18.6. The Morgan fingerprint density at radius 1 is 1.08 bits per heavy atom. The fourth-order valence-electron chi connectivity index (χ4n) is 2.60. The van der Waals surface area contributed by atoms with Crippen molar-refractivity contribution in [1.82, 2.24) is 0 Å². The molecule has 0 saturated carbocycles. The first-order chi connectivity index (χ1) is 12.5. The van der Waals surface area contributed by atoms with Crippen LogP contribution in [0.1, 0.15) is 16.7 Å². The maximum absolute atomic E-state index is 12.1. The zero-order valence-corrected chi connectivity index (χ0v) is 16.0. The van der Waals surface area contributed by atoms with Crippen molar-refractivity contribution in [1.29, 1.82) is 0 Å². The van der Waals surface area contributed by atoms with Crippen LogP contribution in [0.5, 0.6) is 5.75 Å². The molecule has 0 aliphatic carbocycles. The first-order valence-corrected chi connectivity index (χ1v) is 8.91. The number of benzene rings is 2. The highest BCUT2D eigenvalue weighted by molar-refractivity contribution is 6.37. The Hall–Kier alpha value is -2.17. The summed E-state index contributed by atoms with van der Waals surface area (Å²) in [6, 6.07) is 9.10. The number of furan rings is 1. The van der Waals surface area contributed by atoms with Crippen LogP contribution >= 0.6 is 23.2 Å². The van der Waals surface area contributed by atoms with Crippen molar-refractivity contribution < 1.29 is 18.7 Å². The number of aryl methyl sites for hydroxylation is 2. The van der Waals surface area contributed by atoms with Gasteiger partial charge in [-0.15, -0.1) is 0 Å². The molecule has 0 spiro atoms. The van der Waals surface area contributed by atoms with Gasteiger partial charge in [-0.3, -0.25) is 4.79 Å². The Balaban J connectivity index is 1.54. The lowest BCUT2D eigenvalue weighted by Crippen LogP contribution is -2.14. The quantitative estimate of drug-likeness (QED) is 0.409. The van der Waals surface area contributed by atoms with E-state index in [1.165, 1.54) is 0 Å². The summed E-state index contributed by atoms with van der Waals surface area (Å²) in [5.41, 5.74) is 3.88. The first-order valence-electron chi connectivity index (χ1n) is 8.15. The molecule has 0 N–H and O–H groups in total. The van der Waals surface area contributed by atoms with Crippen LogP contribution in [-0.2, 0) is 16.0 Å². The molecule has 0 aliphatic rings. The molecular weight excluding hydrogens is 375 g/mol. The van der Waals surface area contributed by atoms with Gasteiger partial charge in [0.2, 0.25) is 0 Å². The van der Waals surface area contributed by atoms with Crippen LogP contribution in [0.15, 0.2) is 41.0 Å². The Bertz CT molecular complexity index is 926. The monoisotopic (exact) mass is 392 g/mol. The van der Waals surface area contributed by atoms with Crippen molar-refractivity contribution in [3.63, 3.8) is 0 Å². The molecule has 4 nitrogen and oxygen atoms in total. The van der Waals surface area contributed by atoms with Gasteiger partial charge in [0, 0.05) is 10.9 Å². The van der Waals surface area contributed by atoms with Crippen LogP contribution < -0.4 is 4.74 Å². The number of ether oxygens (including phenoxy) is 2. The summed E-state index contributed by atoms with van der Waals surface area (Å²) >= 11 is 12.0. The van der Waals surface area contributed by atoms with Crippen LogP contribution in [0.2, 0.25) is 10.0 Å². The zero-order valence-electron chi connectivity index (χ0n) is 14.5. The fraction of sp³-hybridized carbons (Fsp3) is 0.250. The van der Waals surface area contributed by atoms with E-state index in [0.29, 0.717) is 15.8 Å². The van der Waals surface area contributed by atoms with Gasteiger partial charge in [-0.05, 0) is 49.2 Å². The Morgan fingerprint density at radius 2 is 1.77 bits per heavy atom. The molecule has 3 rings (SSSR count). The lowest BCUT2D eigenvalue weighted by Gasteiger charge is -2.10. The number of para-hydroxylation sites is 1. The highest BCUT2D eigenvalue weighted by Gasteiger charge is 2.13. The van der Waals surface area contributed by atoms with Gasteiger partial charge in [0.25, 0.3) is 0 Å². The van der Waals surface area contributed by atoms with E-state index < -0.39 is 0 Å². The average Bonchev–Trinajstić information content (AvgIpc) is 2.96. The van der Waals surface area contributed by atoms with E-state index in [-0.39, 0.29) is 25.6 Å². The van der Waals surface area contributed by atoms with Crippen molar-refractivity contribution in [2.24, 2.45) is 0 Å². The molecule has 136 valence electrons. The minimum absolute atomic E-state index is 0.105. The van der Waals surface area contributed by atoms with Crippen LogP contribution in [0, 0.1) is 13.8 Å². The van der Waals surface area contributed by atoms with Crippen molar-refractivity contribution in [3.05, 3.63) is 63.3 Å². The highest BCUT2D eigenvalue weighted by Crippen LogP contribution is 2.32. The smallest absolute Gasteiger partial charge is 0.310 e. The number of carbonyl (C=O) groups excluding carboxylic acids is 1.